The average Bonchev–Trinajstić information content (AvgIpc) is 2.04. The van der Waals surface area contributed by atoms with Crippen molar-refractivity contribution < 1.29 is 69.0 Å². The number of carboxylic acid groups (broad SMARTS) is 1. The smallest absolute Gasteiger partial charge is 0.550 e. The number of nitrogens with zero attached hydrogens (tertiary/aromatic N) is 1. The van der Waals surface area contributed by atoms with Crippen molar-refractivity contribution in [3.8, 4) is 0 Å². The summed E-state index contributed by atoms with van der Waals surface area (Å²) in [6, 6.07) is 0. The van der Waals surface area contributed by atoms with Gasteiger partial charge in [-0.3, -0.25) is 0 Å². The van der Waals surface area contributed by atoms with E-state index in [1.165, 1.54) is 0 Å². The summed E-state index contributed by atoms with van der Waals surface area (Å²) in [5.74, 6) is -1.40. The molecule has 1 fully saturated rings. The molecule has 1 aliphatic rings. The Morgan fingerprint density at radius 3 is 2.50 bits per heavy atom. The quantitative estimate of drug-likeness (QED) is 0.263. The first-order chi connectivity index (χ1) is 5.61. The normalized spacial score (nSPS) is 20.3. The van der Waals surface area contributed by atoms with E-state index < -0.39 is 11.9 Å². The molecule has 7 heteroatoms. The number of rotatable bonds is 1. The van der Waals surface area contributed by atoms with Crippen LogP contribution in [0.25, 0.3) is 0 Å². The molecule has 0 saturated carbocycles. The van der Waals surface area contributed by atoms with E-state index >= 15 is 0 Å². The van der Waals surface area contributed by atoms with Crippen molar-refractivity contribution in [2.24, 2.45) is 5.92 Å². The maximum atomic E-state index is 10.5. The molecule has 14 heavy (non-hydrogen) atoms. The molecule has 0 aromatic rings. The standard InChI is InChI=1S/C7H11NO2S2.2Na/c9-6(10)5-2-1-3-8(4-5)7(11)12;;/h5H,1-4H2,(H,9,10)(H,11,12);;/q;2*+1/p-2/t5-;;/m1../s1. The molecule has 0 N–H and O–H groups in total. The van der Waals surface area contributed by atoms with Crippen LogP contribution in [-0.4, -0.2) is 28.3 Å². The monoisotopic (exact) mass is 249 g/mol. The first-order valence-electron chi connectivity index (χ1n) is 3.78. The summed E-state index contributed by atoms with van der Waals surface area (Å²) in [6.07, 6.45) is 1.51. The number of piperidine rings is 1. The third kappa shape index (κ3) is 5.61. The van der Waals surface area contributed by atoms with E-state index in [1.54, 1.807) is 4.90 Å². The van der Waals surface area contributed by atoms with Crippen LogP contribution in [0.2, 0.25) is 0 Å². The summed E-state index contributed by atoms with van der Waals surface area (Å²) in [7, 11) is 0. The molecule has 1 heterocycles. The van der Waals surface area contributed by atoms with E-state index in [0.29, 0.717) is 17.3 Å². The molecule has 0 aromatic heterocycles. The van der Waals surface area contributed by atoms with E-state index in [0.717, 1.165) is 13.0 Å². The van der Waals surface area contributed by atoms with Gasteiger partial charge >= 0.3 is 59.1 Å². The molecule has 68 valence electrons. The predicted octanol–water partition coefficient (Wildman–Crippen LogP) is -6.71. The van der Waals surface area contributed by atoms with E-state index in [2.05, 4.69) is 0 Å². The number of carbonyl (C=O) groups excluding carboxylic acids is 1. The largest absolute Gasteiger partial charge is 1.00 e. The number of likely N-dealkylation sites (tertiary alicyclic amines) is 1. The first-order valence-corrected chi connectivity index (χ1v) is 4.59. The summed E-state index contributed by atoms with van der Waals surface area (Å²) < 4.78 is 0.362. The Kier molecular flexibility index (Phi) is 11.2. The van der Waals surface area contributed by atoms with E-state index in [-0.39, 0.29) is 59.1 Å². The Balaban J connectivity index is 0. The third-order valence-electron chi connectivity index (χ3n) is 2.01. The van der Waals surface area contributed by atoms with Gasteiger partial charge in [-0.25, -0.2) is 0 Å². The fourth-order valence-electron chi connectivity index (χ4n) is 1.34. The third-order valence-corrected chi connectivity index (χ3v) is 2.53. The maximum Gasteiger partial charge on any atom is 1.00 e. The van der Waals surface area contributed by atoms with Crippen molar-refractivity contribution in [2.45, 2.75) is 12.8 Å². The van der Waals surface area contributed by atoms with Gasteiger partial charge in [0.25, 0.3) is 0 Å². The fraction of sp³-hybridized carbons (Fsp3) is 0.714. The molecule has 1 aliphatic heterocycles. The van der Waals surface area contributed by atoms with Crippen LogP contribution in [0.15, 0.2) is 0 Å². The van der Waals surface area contributed by atoms with Gasteiger partial charge in [-0.05, 0) is 12.8 Å². The zero-order valence-corrected chi connectivity index (χ0v) is 14.1. The molecular weight excluding hydrogens is 240 g/mol. The Hall–Kier alpha value is 1.58. The van der Waals surface area contributed by atoms with Crippen LogP contribution in [-0.2, 0) is 17.4 Å². The minimum atomic E-state index is -0.994. The zero-order valence-electron chi connectivity index (χ0n) is 8.49. The van der Waals surface area contributed by atoms with Crippen molar-refractivity contribution in [3.05, 3.63) is 0 Å². The van der Waals surface area contributed by atoms with Crippen LogP contribution in [0.3, 0.4) is 0 Å². The molecule has 0 spiro atoms. The predicted molar refractivity (Wildman–Crippen MR) is 49.3 cm³/mol. The van der Waals surface area contributed by atoms with Crippen LogP contribution >= 0.6 is 12.2 Å². The van der Waals surface area contributed by atoms with Crippen molar-refractivity contribution in [1.82, 2.24) is 4.90 Å². The van der Waals surface area contributed by atoms with Gasteiger partial charge in [0.05, 0.1) is 0 Å². The summed E-state index contributed by atoms with van der Waals surface area (Å²) in [5.41, 5.74) is 0. The molecule has 0 unspecified atom stereocenters. The molecule has 3 nitrogen and oxygen atoms in total. The topological polar surface area (TPSA) is 43.4 Å². The van der Waals surface area contributed by atoms with Crippen molar-refractivity contribution >= 4 is 35.1 Å². The molecule has 0 aliphatic carbocycles. The summed E-state index contributed by atoms with van der Waals surface area (Å²) in [5, 5.41) is 10.5. The minimum absolute atomic E-state index is 0. The Labute approximate surface area is 139 Å². The number of hydrogen-bond donors (Lipinski definition) is 0. The van der Waals surface area contributed by atoms with Crippen molar-refractivity contribution in [1.29, 1.82) is 0 Å². The van der Waals surface area contributed by atoms with Crippen LogP contribution in [0, 0.1) is 5.92 Å². The molecule has 0 amide bonds. The second-order valence-electron chi connectivity index (χ2n) is 2.87. The second-order valence-corrected chi connectivity index (χ2v) is 3.90. The van der Waals surface area contributed by atoms with Crippen LogP contribution in [0.4, 0.5) is 0 Å². The van der Waals surface area contributed by atoms with Gasteiger partial charge in [-0.15, -0.1) is 0 Å². The van der Waals surface area contributed by atoms with Crippen molar-refractivity contribution in [3.63, 3.8) is 0 Å². The van der Waals surface area contributed by atoms with Crippen molar-refractivity contribution in [2.75, 3.05) is 13.1 Å². The number of carbonyl (C=O) groups is 1. The van der Waals surface area contributed by atoms with Crippen LogP contribution in [0.1, 0.15) is 12.8 Å². The van der Waals surface area contributed by atoms with Gasteiger partial charge in [-0.2, -0.15) is 0 Å². The second kappa shape index (κ2) is 8.70. The van der Waals surface area contributed by atoms with Gasteiger partial charge in [0, 0.05) is 25.0 Å². The summed E-state index contributed by atoms with van der Waals surface area (Å²) in [6.45, 7) is 1.21. The molecule has 1 rings (SSSR count). The molecular formula is C7H9NNa2O2S2. The first kappa shape index (κ1) is 18.0. The van der Waals surface area contributed by atoms with Crippen LogP contribution < -0.4 is 64.2 Å². The number of thiocarbonyl (C=S) groups is 1. The van der Waals surface area contributed by atoms with E-state index in [9.17, 15) is 9.90 Å². The maximum absolute atomic E-state index is 10.5. The summed E-state index contributed by atoms with van der Waals surface area (Å²) in [4.78, 5) is 12.3. The van der Waals surface area contributed by atoms with Gasteiger partial charge in [0.2, 0.25) is 0 Å². The Morgan fingerprint density at radius 2 is 2.07 bits per heavy atom. The number of carboxylic acids is 1. The van der Waals surface area contributed by atoms with Crippen LogP contribution in [0.5, 0.6) is 0 Å². The summed E-state index contributed by atoms with van der Waals surface area (Å²) >= 11 is 9.56. The van der Waals surface area contributed by atoms with E-state index in [1.807, 2.05) is 0 Å². The minimum Gasteiger partial charge on any atom is -0.550 e. The van der Waals surface area contributed by atoms with Gasteiger partial charge in [0.1, 0.15) is 0 Å². The van der Waals surface area contributed by atoms with Gasteiger partial charge in [-0.1, -0.05) is 4.32 Å². The molecule has 0 bridgehead atoms. The molecule has 0 aromatic carbocycles. The fourth-order valence-corrected chi connectivity index (χ4v) is 1.67. The molecule has 0 radical (unpaired) electrons. The molecule has 1 saturated heterocycles. The number of hydrogen-bond acceptors (Lipinski definition) is 4. The Bertz CT molecular complexity index is 196. The average molecular weight is 249 g/mol. The van der Waals surface area contributed by atoms with E-state index in [4.69, 9.17) is 24.8 Å². The molecule has 1 atom stereocenters. The SMILES string of the molecule is O=C([O-])[C@@H]1CCCN(C(=S)[S-])C1.[Na+].[Na+]. The zero-order chi connectivity index (χ0) is 9.14. The Morgan fingerprint density at radius 1 is 1.50 bits per heavy atom. The van der Waals surface area contributed by atoms with Gasteiger partial charge in [0.15, 0.2) is 0 Å². The number of aliphatic carboxylic acids is 1. The van der Waals surface area contributed by atoms with Gasteiger partial charge < -0.3 is 39.6 Å².